The number of rotatable bonds is 4. The number of carbonyl (C=O) groups excluding carboxylic acids is 4. The summed E-state index contributed by atoms with van der Waals surface area (Å²) < 4.78 is 7.14. The van der Waals surface area contributed by atoms with Gasteiger partial charge in [-0.2, -0.15) is 0 Å². The molecule has 9 heteroatoms. The molecule has 0 radical (unpaired) electrons. The fraction of sp³-hybridized carbons (Fsp3) is 0.231. The molecule has 0 atom stereocenters. The standard InChI is InChI=1S/C26H24N4O5/c1-17-5-4-6-19(13-17)30-25(33)21(24(32)27-26(30)34)14-18-15-29(22-8-3-2-7-20(18)22)16-23(31)28-9-11-35-12-10-28/h2-8,13-15H,9-12,16H2,1H3,(H,27,32,34)/b21-14+. The van der Waals surface area contributed by atoms with E-state index in [0.29, 0.717) is 37.6 Å². The zero-order valence-corrected chi connectivity index (χ0v) is 19.2. The first-order valence-corrected chi connectivity index (χ1v) is 11.3. The second kappa shape index (κ2) is 9.19. The SMILES string of the molecule is Cc1cccc(N2C(=O)NC(=O)/C(=C\c3cn(CC(=O)N4CCOCC4)c4ccccc34)C2=O)c1. The van der Waals surface area contributed by atoms with Gasteiger partial charge < -0.3 is 14.2 Å². The number of benzene rings is 2. The first-order chi connectivity index (χ1) is 16.9. The van der Waals surface area contributed by atoms with E-state index in [1.54, 1.807) is 29.3 Å². The van der Waals surface area contributed by atoms with E-state index < -0.39 is 17.8 Å². The van der Waals surface area contributed by atoms with Gasteiger partial charge in [0.2, 0.25) is 5.91 Å². The first kappa shape index (κ1) is 22.5. The number of para-hydroxylation sites is 1. The Bertz CT molecular complexity index is 1380. The van der Waals surface area contributed by atoms with Gasteiger partial charge >= 0.3 is 6.03 Å². The van der Waals surface area contributed by atoms with Crippen LogP contribution in [0.5, 0.6) is 0 Å². The molecule has 2 aliphatic rings. The number of aryl methyl sites for hydroxylation is 1. The van der Waals surface area contributed by atoms with E-state index in [4.69, 9.17) is 4.74 Å². The molecule has 0 bridgehead atoms. The van der Waals surface area contributed by atoms with E-state index in [2.05, 4.69) is 5.32 Å². The molecule has 9 nitrogen and oxygen atoms in total. The molecule has 35 heavy (non-hydrogen) atoms. The lowest BCUT2D eigenvalue weighted by molar-refractivity contribution is -0.135. The second-order valence-corrected chi connectivity index (χ2v) is 8.52. The van der Waals surface area contributed by atoms with Crippen LogP contribution >= 0.6 is 0 Å². The summed E-state index contributed by atoms with van der Waals surface area (Å²) in [5.41, 5.74) is 2.50. The van der Waals surface area contributed by atoms with Gasteiger partial charge in [-0.3, -0.25) is 19.7 Å². The zero-order chi connectivity index (χ0) is 24.5. The number of barbiturate groups is 1. The Morgan fingerprint density at radius 2 is 1.83 bits per heavy atom. The molecular formula is C26H24N4O5. The molecule has 1 aromatic heterocycles. The van der Waals surface area contributed by atoms with Crippen molar-refractivity contribution in [2.75, 3.05) is 31.2 Å². The maximum atomic E-state index is 13.3. The minimum atomic E-state index is -0.790. The van der Waals surface area contributed by atoms with E-state index in [0.717, 1.165) is 21.4 Å². The Balaban J connectivity index is 1.51. The van der Waals surface area contributed by atoms with Crippen molar-refractivity contribution in [2.24, 2.45) is 0 Å². The Hall–Kier alpha value is -4.24. The van der Waals surface area contributed by atoms with Gasteiger partial charge in [-0.25, -0.2) is 9.69 Å². The molecule has 2 fully saturated rings. The van der Waals surface area contributed by atoms with Crippen LogP contribution in [0, 0.1) is 6.92 Å². The quantitative estimate of drug-likeness (QED) is 0.465. The maximum Gasteiger partial charge on any atom is 0.335 e. The molecule has 2 aliphatic heterocycles. The van der Waals surface area contributed by atoms with E-state index >= 15 is 0 Å². The summed E-state index contributed by atoms with van der Waals surface area (Å²) in [5, 5.41) is 3.04. The van der Waals surface area contributed by atoms with E-state index in [1.165, 1.54) is 6.08 Å². The van der Waals surface area contributed by atoms with Crippen LogP contribution in [-0.4, -0.2) is 59.5 Å². The third kappa shape index (κ3) is 4.33. The van der Waals surface area contributed by atoms with Gasteiger partial charge in [0, 0.05) is 35.8 Å². The number of aromatic nitrogens is 1. The van der Waals surface area contributed by atoms with Crippen LogP contribution in [0.4, 0.5) is 10.5 Å². The molecular weight excluding hydrogens is 448 g/mol. The number of hydrogen-bond donors (Lipinski definition) is 1. The van der Waals surface area contributed by atoms with Gasteiger partial charge in [0.25, 0.3) is 11.8 Å². The molecule has 3 heterocycles. The molecule has 0 spiro atoms. The van der Waals surface area contributed by atoms with E-state index in [-0.39, 0.29) is 18.0 Å². The maximum absolute atomic E-state index is 13.3. The molecule has 0 unspecified atom stereocenters. The fourth-order valence-corrected chi connectivity index (χ4v) is 4.39. The highest BCUT2D eigenvalue weighted by atomic mass is 16.5. The van der Waals surface area contributed by atoms with Crippen LogP contribution in [0.25, 0.3) is 17.0 Å². The Morgan fingerprint density at radius 1 is 1.06 bits per heavy atom. The summed E-state index contributed by atoms with van der Waals surface area (Å²) in [6.07, 6.45) is 3.23. The molecule has 5 amide bonds. The highest BCUT2D eigenvalue weighted by Crippen LogP contribution is 2.27. The van der Waals surface area contributed by atoms with Gasteiger partial charge in [0.1, 0.15) is 12.1 Å². The van der Waals surface area contributed by atoms with Crippen LogP contribution in [0.3, 0.4) is 0 Å². The second-order valence-electron chi connectivity index (χ2n) is 8.52. The van der Waals surface area contributed by atoms with Gasteiger partial charge in [-0.15, -0.1) is 0 Å². The van der Waals surface area contributed by atoms with E-state index in [9.17, 15) is 19.2 Å². The fourth-order valence-electron chi connectivity index (χ4n) is 4.39. The van der Waals surface area contributed by atoms with Crippen LogP contribution in [0.15, 0.2) is 60.3 Å². The summed E-state index contributed by atoms with van der Waals surface area (Å²) in [4.78, 5) is 54.0. The zero-order valence-electron chi connectivity index (χ0n) is 19.2. The molecule has 0 saturated carbocycles. The number of ether oxygens (including phenoxy) is 1. The van der Waals surface area contributed by atoms with Crippen LogP contribution in [0.2, 0.25) is 0 Å². The number of amides is 5. The normalized spacial score (nSPS) is 17.9. The third-order valence-electron chi connectivity index (χ3n) is 6.15. The number of anilines is 1. The summed E-state index contributed by atoms with van der Waals surface area (Å²) in [6, 6.07) is 13.6. The van der Waals surface area contributed by atoms with Crippen molar-refractivity contribution in [3.63, 3.8) is 0 Å². The van der Waals surface area contributed by atoms with Crippen molar-refractivity contribution in [3.8, 4) is 0 Å². The van der Waals surface area contributed by atoms with Gasteiger partial charge in [0.05, 0.1) is 18.9 Å². The molecule has 5 rings (SSSR count). The van der Waals surface area contributed by atoms with Crippen LogP contribution in [-0.2, 0) is 25.7 Å². The molecule has 2 saturated heterocycles. The molecule has 1 N–H and O–H groups in total. The average molecular weight is 473 g/mol. The largest absolute Gasteiger partial charge is 0.378 e. The molecule has 0 aliphatic carbocycles. The molecule has 2 aromatic carbocycles. The number of imide groups is 2. The Labute approximate surface area is 201 Å². The van der Waals surface area contributed by atoms with E-state index in [1.807, 2.05) is 41.8 Å². The number of nitrogens with zero attached hydrogens (tertiary/aromatic N) is 3. The predicted octanol–water partition coefficient (Wildman–Crippen LogP) is 2.47. The highest BCUT2D eigenvalue weighted by Gasteiger charge is 2.37. The number of nitrogens with one attached hydrogen (secondary N) is 1. The predicted molar refractivity (Wildman–Crippen MR) is 130 cm³/mol. The number of fused-ring (bicyclic) bond motifs is 1. The lowest BCUT2D eigenvalue weighted by Crippen LogP contribution is -2.54. The van der Waals surface area contributed by atoms with Crippen molar-refractivity contribution in [2.45, 2.75) is 13.5 Å². The van der Waals surface area contributed by atoms with Gasteiger partial charge in [-0.05, 0) is 36.8 Å². The molecule has 3 aromatic rings. The minimum Gasteiger partial charge on any atom is -0.378 e. The van der Waals surface area contributed by atoms with Crippen molar-refractivity contribution < 1.29 is 23.9 Å². The lowest BCUT2D eigenvalue weighted by Gasteiger charge is -2.27. The smallest absolute Gasteiger partial charge is 0.335 e. The lowest BCUT2D eigenvalue weighted by atomic mass is 10.1. The van der Waals surface area contributed by atoms with Crippen molar-refractivity contribution in [1.29, 1.82) is 0 Å². The van der Waals surface area contributed by atoms with Gasteiger partial charge in [0.15, 0.2) is 0 Å². The summed E-state index contributed by atoms with van der Waals surface area (Å²) in [6.45, 7) is 4.10. The summed E-state index contributed by atoms with van der Waals surface area (Å²) in [5.74, 6) is -1.49. The van der Waals surface area contributed by atoms with Crippen LogP contribution < -0.4 is 10.2 Å². The van der Waals surface area contributed by atoms with Gasteiger partial charge in [-0.1, -0.05) is 30.3 Å². The topological polar surface area (TPSA) is 101 Å². The number of hydrogen-bond acceptors (Lipinski definition) is 5. The molecule has 178 valence electrons. The van der Waals surface area contributed by atoms with Crippen LogP contribution in [0.1, 0.15) is 11.1 Å². The monoisotopic (exact) mass is 472 g/mol. The van der Waals surface area contributed by atoms with Crippen molar-refractivity contribution >= 4 is 46.4 Å². The minimum absolute atomic E-state index is 0.0315. The Morgan fingerprint density at radius 3 is 2.60 bits per heavy atom. The third-order valence-corrected chi connectivity index (χ3v) is 6.15. The Kier molecular flexibility index (Phi) is 5.92. The number of carbonyl (C=O) groups is 4. The summed E-state index contributed by atoms with van der Waals surface area (Å²) >= 11 is 0. The first-order valence-electron chi connectivity index (χ1n) is 11.3. The highest BCUT2D eigenvalue weighted by molar-refractivity contribution is 6.39. The number of urea groups is 1. The average Bonchev–Trinajstić information content (AvgIpc) is 3.19. The van der Waals surface area contributed by atoms with Crippen molar-refractivity contribution in [3.05, 3.63) is 71.4 Å². The summed E-state index contributed by atoms with van der Waals surface area (Å²) in [7, 11) is 0. The number of morpholine rings is 1. The van der Waals surface area contributed by atoms with Crippen molar-refractivity contribution in [1.82, 2.24) is 14.8 Å².